The molecule has 1 aromatic rings. The maximum Gasteiger partial charge on any atom is 0.213 e. The predicted molar refractivity (Wildman–Crippen MR) is 59.4 cm³/mol. The molecule has 0 radical (unpaired) electrons. The van der Waals surface area contributed by atoms with Crippen LogP contribution in [0.25, 0.3) is 0 Å². The zero-order chi connectivity index (χ0) is 11.4. The predicted octanol–water partition coefficient (Wildman–Crippen LogP) is 1.48. The molecule has 2 rings (SSSR count). The lowest BCUT2D eigenvalue weighted by molar-refractivity contribution is -0.0681. The molecule has 1 aliphatic heterocycles. The van der Waals surface area contributed by atoms with E-state index in [2.05, 4.69) is 4.98 Å². The second-order valence-corrected chi connectivity index (χ2v) is 3.96. The van der Waals surface area contributed by atoms with E-state index in [1.165, 1.54) is 0 Å². The average molecular weight is 223 g/mol. The van der Waals surface area contributed by atoms with Crippen LogP contribution in [0.5, 0.6) is 5.88 Å². The molecule has 0 unspecified atom stereocenters. The first-order chi connectivity index (χ1) is 7.74. The Kier molecular flexibility index (Phi) is 3.41. The fourth-order valence-electron chi connectivity index (χ4n) is 1.89. The average Bonchev–Trinajstić information content (AvgIpc) is 2.31. The van der Waals surface area contributed by atoms with Crippen molar-refractivity contribution < 1.29 is 14.6 Å². The van der Waals surface area contributed by atoms with Gasteiger partial charge in [-0.25, -0.2) is 4.98 Å². The second kappa shape index (κ2) is 4.80. The quantitative estimate of drug-likeness (QED) is 0.843. The van der Waals surface area contributed by atoms with Crippen molar-refractivity contribution in [2.75, 3.05) is 19.8 Å². The van der Waals surface area contributed by atoms with Gasteiger partial charge in [-0.2, -0.15) is 0 Å². The Morgan fingerprint density at radius 1 is 1.44 bits per heavy atom. The van der Waals surface area contributed by atoms with E-state index in [1.807, 2.05) is 13.0 Å². The molecule has 0 spiro atoms. The minimum Gasteiger partial charge on any atom is -0.478 e. The van der Waals surface area contributed by atoms with Crippen LogP contribution < -0.4 is 4.74 Å². The highest BCUT2D eigenvalue weighted by Gasteiger charge is 2.31. The summed E-state index contributed by atoms with van der Waals surface area (Å²) in [5, 5.41) is 10.4. The van der Waals surface area contributed by atoms with Crippen LogP contribution in [0.4, 0.5) is 0 Å². The summed E-state index contributed by atoms with van der Waals surface area (Å²) in [6.45, 7) is 3.72. The third kappa shape index (κ3) is 2.33. The van der Waals surface area contributed by atoms with Crippen molar-refractivity contribution in [1.82, 2.24) is 4.98 Å². The Labute approximate surface area is 95.2 Å². The maximum absolute atomic E-state index is 10.4. The largest absolute Gasteiger partial charge is 0.478 e. The molecule has 0 aliphatic carbocycles. The lowest BCUT2D eigenvalue weighted by atomic mass is 9.88. The van der Waals surface area contributed by atoms with E-state index in [-0.39, 0.29) is 0 Å². The normalized spacial score (nSPS) is 19.4. The molecule has 1 saturated heterocycles. The van der Waals surface area contributed by atoms with Crippen molar-refractivity contribution >= 4 is 0 Å². The summed E-state index contributed by atoms with van der Waals surface area (Å²) in [5.41, 5.74) is 0.0648. The first-order valence-electron chi connectivity index (χ1n) is 5.64. The van der Waals surface area contributed by atoms with Gasteiger partial charge in [-0.05, 0) is 13.0 Å². The van der Waals surface area contributed by atoms with Gasteiger partial charge in [0, 0.05) is 43.9 Å². The Balaban J connectivity index is 2.13. The summed E-state index contributed by atoms with van der Waals surface area (Å²) in [6, 6.07) is 3.68. The minimum absolute atomic E-state index is 0.599. The van der Waals surface area contributed by atoms with Crippen LogP contribution in [-0.2, 0) is 10.3 Å². The molecule has 16 heavy (non-hydrogen) atoms. The summed E-state index contributed by atoms with van der Waals surface area (Å²) in [4.78, 5) is 4.17. The van der Waals surface area contributed by atoms with E-state index in [9.17, 15) is 5.11 Å². The number of hydrogen-bond donors (Lipinski definition) is 1. The van der Waals surface area contributed by atoms with Gasteiger partial charge in [0.25, 0.3) is 0 Å². The van der Waals surface area contributed by atoms with Gasteiger partial charge in [-0.1, -0.05) is 0 Å². The van der Waals surface area contributed by atoms with Crippen LogP contribution >= 0.6 is 0 Å². The highest BCUT2D eigenvalue weighted by molar-refractivity contribution is 5.23. The van der Waals surface area contributed by atoms with E-state index in [0.717, 1.165) is 5.56 Å². The van der Waals surface area contributed by atoms with Crippen molar-refractivity contribution in [3.63, 3.8) is 0 Å². The lowest BCUT2D eigenvalue weighted by Crippen LogP contribution is -2.33. The molecule has 88 valence electrons. The zero-order valence-corrected chi connectivity index (χ0v) is 9.48. The highest BCUT2D eigenvalue weighted by Crippen LogP contribution is 2.31. The van der Waals surface area contributed by atoms with E-state index in [4.69, 9.17) is 9.47 Å². The van der Waals surface area contributed by atoms with Crippen molar-refractivity contribution in [3.8, 4) is 5.88 Å². The summed E-state index contributed by atoms with van der Waals surface area (Å²) in [7, 11) is 0. The molecule has 1 aromatic heterocycles. The molecule has 4 heteroatoms. The van der Waals surface area contributed by atoms with Crippen LogP contribution in [0.2, 0.25) is 0 Å². The molecule has 0 atom stereocenters. The fourth-order valence-corrected chi connectivity index (χ4v) is 1.89. The molecule has 1 N–H and O–H groups in total. The first-order valence-corrected chi connectivity index (χ1v) is 5.64. The number of pyridine rings is 1. The van der Waals surface area contributed by atoms with Crippen molar-refractivity contribution in [1.29, 1.82) is 0 Å². The van der Waals surface area contributed by atoms with Crippen molar-refractivity contribution in [2.24, 2.45) is 0 Å². The second-order valence-electron chi connectivity index (χ2n) is 3.96. The number of ether oxygens (including phenoxy) is 2. The molecule has 0 saturated carbocycles. The number of hydrogen-bond acceptors (Lipinski definition) is 4. The SMILES string of the molecule is CCOc1ccc(C2(O)CCOCC2)cn1. The van der Waals surface area contributed by atoms with Gasteiger partial charge in [0.15, 0.2) is 0 Å². The Hall–Kier alpha value is -1.13. The Morgan fingerprint density at radius 3 is 2.75 bits per heavy atom. The molecular formula is C12H17NO3. The van der Waals surface area contributed by atoms with Crippen molar-refractivity contribution in [3.05, 3.63) is 23.9 Å². The third-order valence-electron chi connectivity index (χ3n) is 2.89. The topological polar surface area (TPSA) is 51.6 Å². The fraction of sp³-hybridized carbons (Fsp3) is 0.583. The van der Waals surface area contributed by atoms with Gasteiger partial charge in [-0.3, -0.25) is 0 Å². The molecule has 2 heterocycles. The summed E-state index contributed by atoms with van der Waals surface area (Å²) < 4.78 is 10.5. The van der Waals surface area contributed by atoms with Gasteiger partial charge in [-0.15, -0.1) is 0 Å². The maximum atomic E-state index is 10.4. The molecule has 0 aromatic carbocycles. The summed E-state index contributed by atoms with van der Waals surface area (Å²) >= 11 is 0. The highest BCUT2D eigenvalue weighted by atomic mass is 16.5. The van der Waals surface area contributed by atoms with Gasteiger partial charge in [0.2, 0.25) is 5.88 Å². The zero-order valence-electron chi connectivity index (χ0n) is 9.48. The van der Waals surface area contributed by atoms with E-state index in [0.29, 0.717) is 38.5 Å². The number of aromatic nitrogens is 1. The molecule has 0 bridgehead atoms. The Morgan fingerprint density at radius 2 is 2.19 bits per heavy atom. The summed E-state index contributed by atoms with van der Waals surface area (Å²) in [5.74, 6) is 0.599. The molecule has 1 aliphatic rings. The van der Waals surface area contributed by atoms with E-state index < -0.39 is 5.60 Å². The number of aliphatic hydroxyl groups is 1. The monoisotopic (exact) mass is 223 g/mol. The van der Waals surface area contributed by atoms with Crippen LogP contribution in [0.15, 0.2) is 18.3 Å². The third-order valence-corrected chi connectivity index (χ3v) is 2.89. The van der Waals surface area contributed by atoms with Crippen LogP contribution in [0.3, 0.4) is 0 Å². The summed E-state index contributed by atoms with van der Waals surface area (Å²) in [6.07, 6.45) is 2.95. The number of nitrogens with zero attached hydrogens (tertiary/aromatic N) is 1. The van der Waals surface area contributed by atoms with Crippen LogP contribution in [-0.4, -0.2) is 29.9 Å². The first kappa shape index (κ1) is 11.4. The van der Waals surface area contributed by atoms with E-state index >= 15 is 0 Å². The smallest absolute Gasteiger partial charge is 0.213 e. The Bertz CT molecular complexity index is 331. The van der Waals surface area contributed by atoms with Gasteiger partial charge < -0.3 is 14.6 Å². The van der Waals surface area contributed by atoms with Gasteiger partial charge >= 0.3 is 0 Å². The van der Waals surface area contributed by atoms with E-state index in [1.54, 1.807) is 12.3 Å². The number of rotatable bonds is 3. The van der Waals surface area contributed by atoms with Crippen LogP contribution in [0.1, 0.15) is 25.3 Å². The molecule has 4 nitrogen and oxygen atoms in total. The van der Waals surface area contributed by atoms with Crippen LogP contribution in [0, 0.1) is 0 Å². The lowest BCUT2D eigenvalue weighted by Gasteiger charge is -2.32. The molecule has 0 amide bonds. The minimum atomic E-state index is -0.782. The van der Waals surface area contributed by atoms with Gasteiger partial charge in [0.1, 0.15) is 0 Å². The molecular weight excluding hydrogens is 206 g/mol. The standard InChI is InChI=1S/C12H17NO3/c1-2-16-11-4-3-10(9-13-11)12(14)5-7-15-8-6-12/h3-4,9,14H,2,5-8H2,1H3. The van der Waals surface area contributed by atoms with Gasteiger partial charge in [0.05, 0.1) is 12.2 Å². The van der Waals surface area contributed by atoms with Crippen molar-refractivity contribution in [2.45, 2.75) is 25.4 Å². The molecule has 1 fully saturated rings.